The van der Waals surface area contributed by atoms with E-state index in [1.165, 1.54) is 32.1 Å². The van der Waals surface area contributed by atoms with E-state index in [4.69, 9.17) is 9.73 Å². The standard InChI is InChI=1S/C18H32N6O.HI/c1-4-19-17(20-12-16-21-13-22-24(16)3)23-14-11-15(25-5-2)18(14)9-7-6-8-10-18;/h13-15H,4-12H2,1-3H3,(H2,19,20,23);1H. The average molecular weight is 476 g/mol. The van der Waals surface area contributed by atoms with Crippen molar-refractivity contribution >= 4 is 29.9 Å². The number of hydrogen-bond donors (Lipinski definition) is 2. The fraction of sp³-hybridized carbons (Fsp3) is 0.833. The molecule has 8 heteroatoms. The minimum atomic E-state index is 0. The zero-order valence-corrected chi connectivity index (χ0v) is 18.5. The van der Waals surface area contributed by atoms with Crippen molar-refractivity contribution in [3.63, 3.8) is 0 Å². The van der Waals surface area contributed by atoms with Crippen LogP contribution in [0.1, 0.15) is 58.2 Å². The second kappa shape index (κ2) is 9.87. The van der Waals surface area contributed by atoms with E-state index in [0.717, 1.165) is 31.4 Å². The highest BCUT2D eigenvalue weighted by Crippen LogP contribution is 2.53. The lowest BCUT2D eigenvalue weighted by molar-refractivity contribution is -0.145. The normalized spacial score (nSPS) is 24.7. The summed E-state index contributed by atoms with van der Waals surface area (Å²) in [5.74, 6) is 1.74. The van der Waals surface area contributed by atoms with Crippen molar-refractivity contribution in [3.8, 4) is 0 Å². The molecule has 2 aliphatic carbocycles. The molecule has 2 fully saturated rings. The molecule has 0 saturated heterocycles. The molecule has 1 spiro atoms. The van der Waals surface area contributed by atoms with Crippen molar-refractivity contribution in [1.29, 1.82) is 0 Å². The average Bonchev–Trinajstić information content (AvgIpc) is 3.04. The Bertz CT molecular complexity index is 584. The van der Waals surface area contributed by atoms with Crippen molar-refractivity contribution < 1.29 is 4.74 Å². The van der Waals surface area contributed by atoms with Gasteiger partial charge in [-0.1, -0.05) is 19.3 Å². The van der Waals surface area contributed by atoms with Gasteiger partial charge >= 0.3 is 0 Å². The van der Waals surface area contributed by atoms with Gasteiger partial charge in [0.2, 0.25) is 0 Å². The van der Waals surface area contributed by atoms with Crippen LogP contribution in [0.5, 0.6) is 0 Å². The zero-order chi connectivity index (χ0) is 17.7. The summed E-state index contributed by atoms with van der Waals surface area (Å²) in [4.78, 5) is 8.97. The Labute approximate surface area is 173 Å². The van der Waals surface area contributed by atoms with Crippen molar-refractivity contribution in [2.75, 3.05) is 13.2 Å². The van der Waals surface area contributed by atoms with Crippen molar-refractivity contribution in [2.24, 2.45) is 17.5 Å². The van der Waals surface area contributed by atoms with Gasteiger partial charge in [-0.05, 0) is 33.1 Å². The number of aliphatic imine (C=N–C) groups is 1. The number of nitrogens with one attached hydrogen (secondary N) is 2. The number of hydrogen-bond acceptors (Lipinski definition) is 4. The predicted octanol–water partition coefficient (Wildman–Crippen LogP) is 2.62. The molecule has 2 aliphatic rings. The smallest absolute Gasteiger partial charge is 0.191 e. The molecule has 7 nitrogen and oxygen atoms in total. The highest BCUT2D eigenvalue weighted by Gasteiger charge is 2.55. The number of ether oxygens (including phenoxy) is 1. The van der Waals surface area contributed by atoms with E-state index in [-0.39, 0.29) is 29.4 Å². The summed E-state index contributed by atoms with van der Waals surface area (Å²) in [6, 6.07) is 0.446. The predicted molar refractivity (Wildman–Crippen MR) is 114 cm³/mol. The first-order valence-electron chi connectivity index (χ1n) is 9.69. The third kappa shape index (κ3) is 4.49. The van der Waals surface area contributed by atoms with Crippen LogP contribution in [-0.2, 0) is 18.3 Å². The molecule has 0 aliphatic heterocycles. The summed E-state index contributed by atoms with van der Waals surface area (Å²) < 4.78 is 7.82. The first kappa shape index (κ1) is 21.4. The zero-order valence-electron chi connectivity index (χ0n) is 16.2. The first-order valence-corrected chi connectivity index (χ1v) is 9.69. The Balaban J connectivity index is 0.00000243. The van der Waals surface area contributed by atoms with Gasteiger partial charge in [-0.25, -0.2) is 9.98 Å². The number of rotatable bonds is 6. The Morgan fingerprint density at radius 2 is 2.12 bits per heavy atom. The lowest BCUT2D eigenvalue weighted by Gasteiger charge is -2.57. The van der Waals surface area contributed by atoms with Gasteiger partial charge in [-0.3, -0.25) is 4.68 Å². The van der Waals surface area contributed by atoms with E-state index in [0.29, 0.717) is 18.7 Å². The largest absolute Gasteiger partial charge is 0.378 e. The van der Waals surface area contributed by atoms with Crippen LogP contribution in [0.2, 0.25) is 0 Å². The lowest BCUT2D eigenvalue weighted by atomic mass is 9.55. The molecule has 148 valence electrons. The van der Waals surface area contributed by atoms with Gasteiger partial charge in [0.1, 0.15) is 18.7 Å². The van der Waals surface area contributed by atoms with Crippen LogP contribution in [0.4, 0.5) is 0 Å². The summed E-state index contributed by atoms with van der Waals surface area (Å²) in [6.45, 7) is 6.38. The molecule has 1 aromatic heterocycles. The number of guanidine groups is 1. The minimum Gasteiger partial charge on any atom is -0.378 e. The molecule has 0 bridgehead atoms. The van der Waals surface area contributed by atoms with Crippen LogP contribution in [-0.4, -0.2) is 46.0 Å². The number of nitrogens with zero attached hydrogens (tertiary/aromatic N) is 4. The Hall–Kier alpha value is -0.900. The van der Waals surface area contributed by atoms with Crippen LogP contribution in [0.15, 0.2) is 11.3 Å². The van der Waals surface area contributed by atoms with Crippen LogP contribution < -0.4 is 10.6 Å². The van der Waals surface area contributed by atoms with E-state index in [1.807, 2.05) is 7.05 Å². The summed E-state index contributed by atoms with van der Waals surface area (Å²) in [5.41, 5.74) is 0.287. The summed E-state index contributed by atoms with van der Waals surface area (Å²) in [7, 11) is 1.90. The topological polar surface area (TPSA) is 76.4 Å². The van der Waals surface area contributed by atoms with Crippen molar-refractivity contribution in [3.05, 3.63) is 12.2 Å². The third-order valence-electron chi connectivity index (χ3n) is 5.78. The molecule has 3 rings (SSSR count). The minimum absolute atomic E-state index is 0. The van der Waals surface area contributed by atoms with Crippen LogP contribution in [0, 0.1) is 5.41 Å². The molecule has 0 radical (unpaired) electrons. The lowest BCUT2D eigenvalue weighted by Crippen LogP contribution is -2.66. The van der Waals surface area contributed by atoms with E-state index in [2.05, 4.69) is 34.6 Å². The van der Waals surface area contributed by atoms with Crippen LogP contribution in [0.25, 0.3) is 0 Å². The van der Waals surface area contributed by atoms with Gasteiger partial charge in [0.05, 0.1) is 6.10 Å². The van der Waals surface area contributed by atoms with Gasteiger partial charge < -0.3 is 15.4 Å². The first-order chi connectivity index (χ1) is 12.2. The Morgan fingerprint density at radius 3 is 2.73 bits per heavy atom. The maximum Gasteiger partial charge on any atom is 0.191 e. The molecule has 2 atom stereocenters. The highest BCUT2D eigenvalue weighted by molar-refractivity contribution is 14.0. The van der Waals surface area contributed by atoms with Gasteiger partial charge in [0.25, 0.3) is 0 Å². The molecule has 2 unspecified atom stereocenters. The monoisotopic (exact) mass is 476 g/mol. The molecular weight excluding hydrogens is 443 g/mol. The van der Waals surface area contributed by atoms with E-state index < -0.39 is 0 Å². The highest BCUT2D eigenvalue weighted by atomic mass is 127. The Morgan fingerprint density at radius 1 is 1.35 bits per heavy atom. The molecule has 0 amide bonds. The van der Waals surface area contributed by atoms with Crippen molar-refractivity contribution in [2.45, 2.75) is 71.1 Å². The van der Waals surface area contributed by atoms with Crippen LogP contribution in [0.3, 0.4) is 0 Å². The van der Waals surface area contributed by atoms with Gasteiger partial charge in [0.15, 0.2) is 5.96 Å². The molecule has 2 saturated carbocycles. The molecule has 1 heterocycles. The maximum absolute atomic E-state index is 6.06. The fourth-order valence-corrected chi connectivity index (χ4v) is 4.36. The SMILES string of the molecule is CCNC(=NCc1ncnn1C)NC1CC(OCC)C12CCCCC2.I. The van der Waals surface area contributed by atoms with E-state index >= 15 is 0 Å². The van der Waals surface area contributed by atoms with Gasteiger partial charge in [-0.15, -0.1) is 24.0 Å². The molecule has 2 N–H and O–H groups in total. The number of aryl methyl sites for hydroxylation is 1. The summed E-state index contributed by atoms with van der Waals surface area (Å²) in [5, 5.41) is 11.2. The van der Waals surface area contributed by atoms with E-state index in [9.17, 15) is 0 Å². The van der Waals surface area contributed by atoms with E-state index in [1.54, 1.807) is 11.0 Å². The van der Waals surface area contributed by atoms with Crippen molar-refractivity contribution in [1.82, 2.24) is 25.4 Å². The molecule has 1 aromatic rings. The summed E-state index contributed by atoms with van der Waals surface area (Å²) >= 11 is 0. The van der Waals surface area contributed by atoms with Crippen LogP contribution >= 0.6 is 24.0 Å². The Kier molecular flexibility index (Phi) is 8.12. The fourth-order valence-electron chi connectivity index (χ4n) is 4.36. The molecular formula is C18H33IN6O. The number of halogens is 1. The third-order valence-corrected chi connectivity index (χ3v) is 5.78. The molecule has 0 aromatic carbocycles. The second-order valence-corrected chi connectivity index (χ2v) is 7.17. The second-order valence-electron chi connectivity index (χ2n) is 7.17. The quantitative estimate of drug-likeness (QED) is 0.375. The van der Waals surface area contributed by atoms with Gasteiger partial charge in [0, 0.05) is 31.7 Å². The number of aromatic nitrogens is 3. The summed E-state index contributed by atoms with van der Waals surface area (Å²) in [6.07, 6.45) is 9.55. The maximum atomic E-state index is 6.06. The van der Waals surface area contributed by atoms with Gasteiger partial charge in [-0.2, -0.15) is 5.10 Å². The molecule has 26 heavy (non-hydrogen) atoms.